The highest BCUT2D eigenvalue weighted by molar-refractivity contribution is 4.80. The minimum atomic E-state index is 0.0437. The Hall–Kier alpha value is -0.0800. The first-order valence-corrected chi connectivity index (χ1v) is 4.99. The Bertz CT molecular complexity index is 137. The van der Waals surface area contributed by atoms with Crippen molar-refractivity contribution in [3.05, 3.63) is 0 Å². The lowest BCUT2D eigenvalue weighted by molar-refractivity contribution is 0.0340. The van der Waals surface area contributed by atoms with Crippen LogP contribution in [0.5, 0.6) is 0 Å². The van der Waals surface area contributed by atoms with Gasteiger partial charge in [0.25, 0.3) is 0 Å². The van der Waals surface area contributed by atoms with E-state index in [-0.39, 0.29) is 17.4 Å². The molecule has 0 bridgehead atoms. The molecule has 0 radical (unpaired) electrons. The zero-order valence-corrected chi connectivity index (χ0v) is 9.68. The van der Waals surface area contributed by atoms with E-state index < -0.39 is 0 Å². The number of methoxy groups -OCH3 is 1. The van der Waals surface area contributed by atoms with Crippen LogP contribution in [0.25, 0.3) is 0 Å². The van der Waals surface area contributed by atoms with Crippen LogP contribution >= 0.6 is 0 Å². The summed E-state index contributed by atoms with van der Waals surface area (Å²) < 4.78 is 5.16. The highest BCUT2D eigenvalue weighted by Gasteiger charge is 2.30. The lowest BCUT2D eigenvalue weighted by Gasteiger charge is -2.35. The number of ether oxygens (including phenoxy) is 1. The van der Waals surface area contributed by atoms with Gasteiger partial charge in [0.2, 0.25) is 0 Å². The molecule has 0 aliphatic carbocycles. The molecule has 0 aromatic heterocycles. The minimum Gasteiger partial charge on any atom is -0.396 e. The van der Waals surface area contributed by atoms with E-state index in [1.165, 1.54) is 0 Å². The molecule has 0 aliphatic rings. The maximum absolute atomic E-state index is 9.28. The molecule has 0 fully saturated rings. The van der Waals surface area contributed by atoms with Crippen LogP contribution in [0.15, 0.2) is 0 Å². The molecular formula is C11H24O2. The number of rotatable bonds is 6. The van der Waals surface area contributed by atoms with Gasteiger partial charge in [-0.05, 0) is 23.7 Å². The van der Waals surface area contributed by atoms with Crippen molar-refractivity contribution in [2.75, 3.05) is 20.3 Å². The molecule has 13 heavy (non-hydrogen) atoms. The lowest BCUT2D eigenvalue weighted by atomic mass is 9.73. The van der Waals surface area contributed by atoms with E-state index in [9.17, 15) is 5.11 Å². The Balaban J connectivity index is 4.21. The van der Waals surface area contributed by atoms with E-state index in [0.29, 0.717) is 0 Å². The summed E-state index contributed by atoms with van der Waals surface area (Å²) in [6.07, 6.45) is 2.01. The molecule has 1 N–H and O–H groups in total. The van der Waals surface area contributed by atoms with E-state index >= 15 is 0 Å². The second-order valence-electron chi connectivity index (χ2n) is 5.10. The average molecular weight is 188 g/mol. The number of hydrogen-bond donors (Lipinski definition) is 1. The number of aliphatic hydroxyl groups is 1. The van der Waals surface area contributed by atoms with Crippen molar-refractivity contribution in [1.82, 2.24) is 0 Å². The molecule has 0 aromatic rings. The Kier molecular flexibility index (Phi) is 4.93. The first kappa shape index (κ1) is 12.9. The maximum Gasteiger partial charge on any atom is 0.0513 e. The molecule has 1 unspecified atom stereocenters. The monoisotopic (exact) mass is 188 g/mol. The zero-order valence-electron chi connectivity index (χ0n) is 9.68. The van der Waals surface area contributed by atoms with Gasteiger partial charge < -0.3 is 9.84 Å². The molecular weight excluding hydrogens is 164 g/mol. The van der Waals surface area contributed by atoms with E-state index in [1.807, 2.05) is 0 Å². The summed E-state index contributed by atoms with van der Waals surface area (Å²) in [6.45, 7) is 9.63. The largest absolute Gasteiger partial charge is 0.396 e. The van der Waals surface area contributed by atoms with E-state index in [0.717, 1.165) is 19.4 Å². The van der Waals surface area contributed by atoms with Crippen molar-refractivity contribution in [3.8, 4) is 0 Å². The summed E-state index contributed by atoms with van der Waals surface area (Å²) >= 11 is 0. The fraction of sp³-hybridized carbons (Fsp3) is 1.00. The Labute approximate surface area is 82.3 Å². The van der Waals surface area contributed by atoms with Crippen LogP contribution in [0.4, 0.5) is 0 Å². The summed E-state index contributed by atoms with van der Waals surface area (Å²) in [5.74, 6) is 0. The second-order valence-corrected chi connectivity index (χ2v) is 5.10. The van der Waals surface area contributed by atoms with Gasteiger partial charge in [0.1, 0.15) is 0 Å². The SMILES string of the molecule is CCC(C)(CO)CC(C)(C)COC. The summed E-state index contributed by atoms with van der Waals surface area (Å²) in [4.78, 5) is 0. The van der Waals surface area contributed by atoms with Gasteiger partial charge in [-0.2, -0.15) is 0 Å². The molecule has 2 nitrogen and oxygen atoms in total. The predicted molar refractivity (Wildman–Crippen MR) is 55.8 cm³/mol. The van der Waals surface area contributed by atoms with E-state index in [2.05, 4.69) is 27.7 Å². The first-order chi connectivity index (χ1) is 5.89. The molecule has 0 aromatic carbocycles. The van der Waals surface area contributed by atoms with Crippen LogP contribution in [-0.2, 0) is 4.74 Å². The summed E-state index contributed by atoms with van der Waals surface area (Å²) in [6, 6.07) is 0. The topological polar surface area (TPSA) is 29.5 Å². The lowest BCUT2D eigenvalue weighted by Crippen LogP contribution is -2.31. The van der Waals surface area contributed by atoms with Gasteiger partial charge in [-0.1, -0.05) is 27.7 Å². The fourth-order valence-corrected chi connectivity index (χ4v) is 1.89. The molecule has 0 heterocycles. The van der Waals surface area contributed by atoms with Crippen molar-refractivity contribution in [2.24, 2.45) is 10.8 Å². The quantitative estimate of drug-likeness (QED) is 0.694. The molecule has 0 rings (SSSR count). The summed E-state index contributed by atoms with van der Waals surface area (Å²) in [5.41, 5.74) is 0.199. The summed E-state index contributed by atoms with van der Waals surface area (Å²) in [7, 11) is 1.73. The Morgan fingerprint density at radius 1 is 1.23 bits per heavy atom. The normalized spacial score (nSPS) is 17.1. The minimum absolute atomic E-state index is 0.0437. The fourth-order valence-electron chi connectivity index (χ4n) is 1.89. The van der Waals surface area contributed by atoms with Gasteiger partial charge in [-0.25, -0.2) is 0 Å². The van der Waals surface area contributed by atoms with Crippen molar-refractivity contribution < 1.29 is 9.84 Å². The molecule has 0 spiro atoms. The molecule has 0 aliphatic heterocycles. The predicted octanol–water partition coefficient (Wildman–Crippen LogP) is 2.46. The van der Waals surface area contributed by atoms with Crippen LogP contribution in [0.1, 0.15) is 40.5 Å². The van der Waals surface area contributed by atoms with Gasteiger partial charge in [0.15, 0.2) is 0 Å². The second kappa shape index (κ2) is 4.97. The van der Waals surface area contributed by atoms with Gasteiger partial charge in [-0.15, -0.1) is 0 Å². The third kappa shape index (κ3) is 4.63. The van der Waals surface area contributed by atoms with Gasteiger partial charge in [0.05, 0.1) is 6.61 Å². The molecule has 80 valence electrons. The molecule has 2 heteroatoms. The van der Waals surface area contributed by atoms with Crippen molar-refractivity contribution in [3.63, 3.8) is 0 Å². The van der Waals surface area contributed by atoms with Gasteiger partial charge in [-0.3, -0.25) is 0 Å². The molecule has 0 saturated carbocycles. The Morgan fingerprint density at radius 3 is 2.08 bits per heavy atom. The molecule has 0 amide bonds. The number of aliphatic hydroxyl groups excluding tert-OH is 1. The van der Waals surface area contributed by atoms with Gasteiger partial charge >= 0.3 is 0 Å². The van der Waals surface area contributed by atoms with Crippen molar-refractivity contribution in [1.29, 1.82) is 0 Å². The third-order valence-electron chi connectivity index (χ3n) is 2.68. The molecule has 1 atom stereocenters. The van der Waals surface area contributed by atoms with Gasteiger partial charge in [0, 0.05) is 13.7 Å². The standard InChI is InChI=1S/C11H24O2/c1-6-11(4,8-12)7-10(2,3)9-13-5/h12H,6-9H2,1-5H3. The van der Waals surface area contributed by atoms with E-state index in [1.54, 1.807) is 7.11 Å². The first-order valence-electron chi connectivity index (χ1n) is 4.99. The average Bonchev–Trinajstić information content (AvgIpc) is 2.03. The molecule has 0 saturated heterocycles. The third-order valence-corrected chi connectivity index (χ3v) is 2.68. The zero-order chi connectivity index (χ0) is 10.5. The van der Waals surface area contributed by atoms with Crippen molar-refractivity contribution in [2.45, 2.75) is 40.5 Å². The highest BCUT2D eigenvalue weighted by Crippen LogP contribution is 2.36. The van der Waals surface area contributed by atoms with E-state index in [4.69, 9.17) is 4.74 Å². The van der Waals surface area contributed by atoms with Crippen LogP contribution in [-0.4, -0.2) is 25.4 Å². The highest BCUT2D eigenvalue weighted by atomic mass is 16.5. The smallest absolute Gasteiger partial charge is 0.0513 e. The van der Waals surface area contributed by atoms with Crippen LogP contribution in [0.2, 0.25) is 0 Å². The maximum atomic E-state index is 9.28. The number of hydrogen-bond acceptors (Lipinski definition) is 2. The van der Waals surface area contributed by atoms with Crippen LogP contribution < -0.4 is 0 Å². The Morgan fingerprint density at radius 2 is 1.77 bits per heavy atom. The van der Waals surface area contributed by atoms with Crippen molar-refractivity contribution >= 4 is 0 Å². The van der Waals surface area contributed by atoms with Crippen LogP contribution in [0.3, 0.4) is 0 Å². The van der Waals surface area contributed by atoms with Crippen LogP contribution in [0, 0.1) is 10.8 Å². The summed E-state index contributed by atoms with van der Waals surface area (Å²) in [5, 5.41) is 9.28.